The Morgan fingerprint density at radius 2 is 0.900 bits per heavy atom. The van der Waals surface area contributed by atoms with Gasteiger partial charge in [0.15, 0.2) is 0 Å². The summed E-state index contributed by atoms with van der Waals surface area (Å²) in [6.45, 7) is 0. The van der Waals surface area contributed by atoms with Crippen molar-refractivity contribution < 1.29 is 56.5 Å². The van der Waals surface area contributed by atoms with Gasteiger partial charge in [-0.05, 0) is 0 Å². The van der Waals surface area contributed by atoms with E-state index in [9.17, 15) is 0 Å². The van der Waals surface area contributed by atoms with Gasteiger partial charge in [-0.15, -0.1) is 0 Å². The molecule has 10 heavy (non-hydrogen) atoms. The third-order valence-electron chi connectivity index (χ3n) is 0. The van der Waals surface area contributed by atoms with Crippen LogP contribution >= 0.6 is 7.82 Å². The molecule has 0 aliphatic rings. The van der Waals surface area contributed by atoms with E-state index in [0.717, 1.165) is 0 Å². The van der Waals surface area contributed by atoms with Crippen molar-refractivity contribution in [1.29, 1.82) is 0 Å². The van der Waals surface area contributed by atoms with Crippen LogP contribution in [0.3, 0.4) is 0 Å². The van der Waals surface area contributed by atoms with Gasteiger partial charge < -0.3 is 58.1 Å². The summed E-state index contributed by atoms with van der Waals surface area (Å²) < 4.78 is 8.88. The summed E-state index contributed by atoms with van der Waals surface area (Å²) in [6, 6.07) is 0. The van der Waals surface area contributed by atoms with E-state index in [4.69, 9.17) is 19.2 Å². The Bertz CT molecular complexity index is 66.6. The second-order valence-electron chi connectivity index (χ2n) is 0.513. The van der Waals surface area contributed by atoms with E-state index in [-0.39, 0.29) is 60.7 Å². The van der Waals surface area contributed by atoms with E-state index in [0.29, 0.717) is 0 Å². The van der Waals surface area contributed by atoms with E-state index in [1.807, 2.05) is 0 Å². The largest absolute Gasteiger partial charge is 3.00 e. The van der Waals surface area contributed by atoms with Crippen LogP contribution in [0.4, 0.5) is 0 Å². The maximum absolute atomic E-state index is 8.88. The molecule has 0 fully saturated rings. The average molecular weight is 248 g/mol. The molecule has 0 aliphatic heterocycles. The zero-order chi connectivity index (χ0) is 4.50. The number of hydrogen-bond acceptors (Lipinski definition) is 2. The van der Waals surface area contributed by atoms with Crippen LogP contribution in [-0.2, 0) is 4.57 Å². The Balaban J connectivity index is -0.00000000800. The first-order valence-electron chi connectivity index (χ1n) is 0.783. The molecule has 0 amide bonds. The topological polar surface area (TPSA) is 113 Å². The molecule has 0 atom stereocenters. The van der Waals surface area contributed by atoms with Crippen molar-refractivity contribution in [2.24, 2.45) is 0 Å². The smallest absolute Gasteiger partial charge is 1.00 e. The molecule has 6 N–H and O–H groups in total. The number of hydrogen-bond donors (Lipinski definition) is 4. The zero-order valence-corrected chi connectivity index (χ0v) is 8.93. The molecule has 0 spiro atoms. The fourth-order valence-electron chi connectivity index (χ4n) is 0. The summed E-state index contributed by atoms with van der Waals surface area (Å²) in [5.74, 6) is 0. The SMILES string of the molecule is N.O=P(O)(O)O.[Al+3].[Cl-].[Cl-].[Cl-]. The summed E-state index contributed by atoms with van der Waals surface area (Å²) in [6.07, 6.45) is 0. The molecule has 0 aliphatic carbocycles. The molecule has 0 unspecified atom stereocenters. The van der Waals surface area contributed by atoms with E-state index in [1.54, 1.807) is 0 Å². The van der Waals surface area contributed by atoms with Crippen molar-refractivity contribution in [3.05, 3.63) is 0 Å². The minimum Gasteiger partial charge on any atom is -1.00 e. The zero-order valence-electron chi connectivity index (χ0n) is 4.62. The first-order valence-corrected chi connectivity index (χ1v) is 2.35. The summed E-state index contributed by atoms with van der Waals surface area (Å²) in [7, 11) is -4.64. The fourth-order valence-corrected chi connectivity index (χ4v) is 0. The van der Waals surface area contributed by atoms with Gasteiger partial charge >= 0.3 is 25.2 Å². The van der Waals surface area contributed by atoms with Crippen LogP contribution in [0.1, 0.15) is 0 Å². The Morgan fingerprint density at radius 3 is 0.900 bits per heavy atom. The second kappa shape index (κ2) is 16.8. The maximum atomic E-state index is 8.88. The number of halogens is 3. The van der Waals surface area contributed by atoms with Crippen molar-refractivity contribution >= 4 is 25.2 Å². The molecule has 5 nitrogen and oxygen atoms in total. The number of phosphoric acid groups is 1. The van der Waals surface area contributed by atoms with Gasteiger partial charge in [-0.2, -0.15) is 0 Å². The summed E-state index contributed by atoms with van der Waals surface area (Å²) in [5, 5.41) is 0. The number of rotatable bonds is 0. The van der Waals surface area contributed by atoms with E-state index >= 15 is 0 Å². The first kappa shape index (κ1) is 42.0. The molecule has 0 bridgehead atoms. The molecule has 0 aromatic carbocycles. The third kappa shape index (κ3) is 314. The predicted octanol–water partition coefficient (Wildman–Crippen LogP) is -10.1. The predicted molar refractivity (Wildman–Crippen MR) is 25.0 cm³/mol. The average Bonchev–Trinajstić information content (AvgIpc) is 0.722. The van der Waals surface area contributed by atoms with Gasteiger partial charge in [0.25, 0.3) is 0 Å². The summed E-state index contributed by atoms with van der Waals surface area (Å²) in [5.41, 5.74) is 0. The minimum absolute atomic E-state index is 0. The van der Waals surface area contributed by atoms with Crippen molar-refractivity contribution in [3.63, 3.8) is 0 Å². The van der Waals surface area contributed by atoms with E-state index in [1.165, 1.54) is 0 Å². The van der Waals surface area contributed by atoms with Gasteiger partial charge in [-0.3, -0.25) is 0 Å². The normalized spacial score (nSPS) is 5.90. The molecule has 0 rings (SSSR count). The Labute approximate surface area is 87.8 Å². The minimum atomic E-state index is -4.64. The van der Waals surface area contributed by atoms with Crippen LogP contribution in [0.5, 0.6) is 0 Å². The van der Waals surface area contributed by atoms with E-state index in [2.05, 4.69) is 0 Å². The van der Waals surface area contributed by atoms with Gasteiger partial charge in [0.05, 0.1) is 0 Å². The Morgan fingerprint density at radius 1 is 0.900 bits per heavy atom. The van der Waals surface area contributed by atoms with Gasteiger partial charge in [0.2, 0.25) is 0 Å². The molecule has 64 valence electrons. The second-order valence-corrected chi connectivity index (χ2v) is 1.54. The van der Waals surface area contributed by atoms with Crippen molar-refractivity contribution in [2.75, 3.05) is 0 Å². The van der Waals surface area contributed by atoms with Gasteiger partial charge in [-0.25, -0.2) is 4.57 Å². The molecule has 0 aromatic heterocycles. The maximum Gasteiger partial charge on any atom is 3.00 e. The molecule has 10 heteroatoms. The van der Waals surface area contributed by atoms with Crippen LogP contribution in [0.25, 0.3) is 0 Å². The molecule has 0 heterocycles. The molecule has 0 saturated carbocycles. The third-order valence-corrected chi connectivity index (χ3v) is 0. The van der Waals surface area contributed by atoms with Gasteiger partial charge in [0.1, 0.15) is 0 Å². The molecule has 0 aromatic rings. The van der Waals surface area contributed by atoms with Crippen LogP contribution < -0.4 is 43.4 Å². The van der Waals surface area contributed by atoms with Gasteiger partial charge in [0, 0.05) is 0 Å². The van der Waals surface area contributed by atoms with Crippen molar-refractivity contribution in [3.8, 4) is 0 Å². The molecule has 0 saturated heterocycles. The fraction of sp³-hybridized carbons (Fsp3) is 0. The summed E-state index contributed by atoms with van der Waals surface area (Å²) in [4.78, 5) is 21.6. The monoisotopic (exact) mass is 247 g/mol. The molecular weight excluding hydrogens is 242 g/mol. The molecular formula is H6AlCl3NO4P. The van der Waals surface area contributed by atoms with Crippen molar-refractivity contribution in [1.82, 2.24) is 6.15 Å². The van der Waals surface area contributed by atoms with Crippen LogP contribution in [0, 0.1) is 0 Å². The standard InChI is InChI=1S/Al.3ClH.H3N.H3O4P/c;;;;;1-5(2,3)4/h;3*1H;1H3;(H3,1,2,3,4)/q+3;;;;;/p-3. The molecule has 0 radical (unpaired) electrons. The van der Waals surface area contributed by atoms with E-state index < -0.39 is 7.82 Å². The van der Waals surface area contributed by atoms with Crippen molar-refractivity contribution in [2.45, 2.75) is 0 Å². The van der Waals surface area contributed by atoms with Crippen LogP contribution in [0.2, 0.25) is 0 Å². The Kier molecular flexibility index (Phi) is 70.7. The quantitative estimate of drug-likeness (QED) is 0.251. The van der Waals surface area contributed by atoms with Crippen LogP contribution in [-0.4, -0.2) is 32.0 Å². The summed E-state index contributed by atoms with van der Waals surface area (Å²) >= 11 is 0. The first-order chi connectivity index (χ1) is 2.00. The van der Waals surface area contributed by atoms with Crippen LogP contribution in [0.15, 0.2) is 0 Å². The van der Waals surface area contributed by atoms with Gasteiger partial charge in [-0.1, -0.05) is 0 Å². The Hall–Kier alpha value is 1.47.